The van der Waals surface area contributed by atoms with Gasteiger partial charge in [-0.25, -0.2) is 4.98 Å². The molecular formula is C9H6AlNO. The third-order valence-corrected chi connectivity index (χ3v) is 2.20. The summed E-state index contributed by atoms with van der Waals surface area (Å²) in [7, 11) is 0. The maximum Gasteiger partial charge on any atom is 0.211 e. The molecule has 3 heteroatoms. The van der Waals surface area contributed by atoms with Crippen LogP contribution in [0, 0.1) is 0 Å². The van der Waals surface area contributed by atoms with Gasteiger partial charge in [0.25, 0.3) is 0 Å². The summed E-state index contributed by atoms with van der Waals surface area (Å²) in [5.74, 6) is 0.0670. The summed E-state index contributed by atoms with van der Waals surface area (Å²) in [6.45, 7) is 0. The fourth-order valence-corrected chi connectivity index (χ4v) is 1.50. The molecule has 0 aliphatic heterocycles. The topological polar surface area (TPSA) is 33.1 Å². The molecule has 0 unspecified atom stereocenters. The highest BCUT2D eigenvalue weighted by Gasteiger charge is 1.97. The molecule has 1 aromatic carbocycles. The van der Waals surface area contributed by atoms with Gasteiger partial charge in [-0.05, 0) is 11.5 Å². The number of aromatic hydroxyl groups is 1. The molecule has 0 aliphatic rings. The molecule has 1 aromatic heterocycles. The van der Waals surface area contributed by atoms with Gasteiger partial charge in [0.15, 0.2) is 16.3 Å². The van der Waals surface area contributed by atoms with Gasteiger partial charge in [0.2, 0.25) is 5.88 Å². The quantitative estimate of drug-likeness (QED) is 0.593. The Balaban J connectivity index is 2.88. The number of hydrogen-bond acceptors (Lipinski definition) is 2. The number of para-hydroxylation sites is 1. The highest BCUT2D eigenvalue weighted by atomic mass is 27.0. The summed E-state index contributed by atoms with van der Waals surface area (Å²) in [6, 6.07) is 9.32. The molecular weight excluding hydrogens is 165 g/mol. The minimum atomic E-state index is 0.0670. The summed E-state index contributed by atoms with van der Waals surface area (Å²) in [5.41, 5.74) is 0.836. The molecule has 1 N–H and O–H groups in total. The van der Waals surface area contributed by atoms with Crippen molar-refractivity contribution in [2.45, 2.75) is 0 Å². The third-order valence-electron chi connectivity index (χ3n) is 1.74. The van der Waals surface area contributed by atoms with Crippen molar-refractivity contribution in [1.82, 2.24) is 4.98 Å². The van der Waals surface area contributed by atoms with E-state index in [1.807, 2.05) is 24.3 Å². The van der Waals surface area contributed by atoms with Crippen molar-refractivity contribution < 1.29 is 5.11 Å². The van der Waals surface area contributed by atoms with E-state index < -0.39 is 0 Å². The highest BCUT2D eigenvalue weighted by molar-refractivity contribution is 6.38. The molecule has 2 radical (unpaired) electrons. The minimum absolute atomic E-state index is 0.0670. The fourth-order valence-electron chi connectivity index (χ4n) is 1.16. The average molecular weight is 171 g/mol. The van der Waals surface area contributed by atoms with E-state index in [2.05, 4.69) is 21.3 Å². The average Bonchev–Trinajstić information content (AvgIpc) is 2.07. The summed E-state index contributed by atoms with van der Waals surface area (Å²) < 4.78 is 1.00. The fraction of sp³-hybridized carbons (Fsp3) is 0. The number of rotatable bonds is 0. The van der Waals surface area contributed by atoms with Crippen LogP contribution in [-0.4, -0.2) is 26.4 Å². The lowest BCUT2D eigenvalue weighted by atomic mass is 10.2. The molecule has 0 amide bonds. The van der Waals surface area contributed by atoms with Gasteiger partial charge < -0.3 is 5.11 Å². The van der Waals surface area contributed by atoms with Crippen LogP contribution in [0.5, 0.6) is 5.88 Å². The van der Waals surface area contributed by atoms with Gasteiger partial charge in [-0.3, -0.25) is 0 Å². The minimum Gasteiger partial charge on any atom is -0.493 e. The van der Waals surface area contributed by atoms with Crippen LogP contribution in [0.15, 0.2) is 30.3 Å². The van der Waals surface area contributed by atoms with E-state index in [-0.39, 0.29) is 5.88 Å². The monoisotopic (exact) mass is 171 g/mol. The van der Waals surface area contributed by atoms with Gasteiger partial charge in [-0.1, -0.05) is 18.2 Å². The number of nitrogens with zero attached hydrogens (tertiary/aromatic N) is 1. The van der Waals surface area contributed by atoms with Crippen molar-refractivity contribution in [3.05, 3.63) is 30.3 Å². The first-order chi connectivity index (χ1) is 5.77. The first-order valence-electron chi connectivity index (χ1n) is 3.61. The molecule has 56 valence electrons. The van der Waals surface area contributed by atoms with Gasteiger partial charge >= 0.3 is 0 Å². The molecule has 2 nitrogen and oxygen atoms in total. The van der Waals surface area contributed by atoms with Crippen molar-refractivity contribution in [1.29, 1.82) is 0 Å². The Hall–Kier alpha value is -1.04. The second-order valence-electron chi connectivity index (χ2n) is 2.59. The summed E-state index contributed by atoms with van der Waals surface area (Å²) in [6.07, 6.45) is 0. The van der Waals surface area contributed by atoms with Crippen molar-refractivity contribution >= 4 is 31.6 Å². The second-order valence-corrected chi connectivity index (χ2v) is 3.21. The predicted octanol–water partition coefficient (Wildman–Crippen LogP) is 0.734. The Morgan fingerprint density at radius 3 is 2.83 bits per heavy atom. The first-order valence-corrected chi connectivity index (χ1v) is 4.19. The highest BCUT2D eigenvalue weighted by Crippen LogP contribution is 2.12. The largest absolute Gasteiger partial charge is 0.493 e. The molecule has 0 saturated carbocycles. The molecule has 0 aliphatic carbocycles. The number of pyridine rings is 1. The molecule has 12 heavy (non-hydrogen) atoms. The van der Waals surface area contributed by atoms with E-state index in [4.69, 9.17) is 5.11 Å². The zero-order valence-corrected chi connectivity index (χ0v) is 7.51. The molecule has 2 aromatic rings. The van der Waals surface area contributed by atoms with Crippen LogP contribution in [0.1, 0.15) is 0 Å². The molecule has 0 saturated heterocycles. The van der Waals surface area contributed by atoms with Crippen LogP contribution in [0.4, 0.5) is 0 Å². The standard InChI is InChI=1S/C9H6NO.Al/c11-9-6-5-7-3-1-2-4-8(7)10-9;/h1-3,5-6H,(H,10,11);. The van der Waals surface area contributed by atoms with Crippen molar-refractivity contribution in [3.8, 4) is 5.88 Å². The summed E-state index contributed by atoms with van der Waals surface area (Å²) >= 11 is 2.59. The van der Waals surface area contributed by atoms with Gasteiger partial charge in [0.1, 0.15) is 0 Å². The number of benzene rings is 1. The summed E-state index contributed by atoms with van der Waals surface area (Å²) in [5, 5.41) is 10.2. The van der Waals surface area contributed by atoms with E-state index in [9.17, 15) is 0 Å². The number of fused-ring (bicyclic) bond motifs is 1. The van der Waals surface area contributed by atoms with E-state index in [0.29, 0.717) is 0 Å². The van der Waals surface area contributed by atoms with E-state index >= 15 is 0 Å². The Morgan fingerprint density at radius 2 is 2.00 bits per heavy atom. The lowest BCUT2D eigenvalue weighted by molar-refractivity contribution is 0.456. The lowest BCUT2D eigenvalue weighted by Crippen LogP contribution is -2.04. The molecule has 2 rings (SSSR count). The normalized spacial score (nSPS) is 10.3. The molecule has 0 atom stereocenters. The number of hydrogen-bond donors (Lipinski definition) is 1. The first kappa shape index (κ1) is 7.60. The van der Waals surface area contributed by atoms with Gasteiger partial charge in [0, 0.05) is 6.07 Å². The maximum atomic E-state index is 9.13. The van der Waals surface area contributed by atoms with Gasteiger partial charge in [-0.15, -0.1) is 4.43 Å². The molecule has 0 spiro atoms. The lowest BCUT2D eigenvalue weighted by Gasteiger charge is -2.00. The van der Waals surface area contributed by atoms with Crippen LogP contribution >= 0.6 is 0 Å². The van der Waals surface area contributed by atoms with Crippen LogP contribution in [0.3, 0.4) is 0 Å². The Labute approximate surface area is 78.3 Å². The van der Waals surface area contributed by atoms with E-state index in [1.165, 1.54) is 0 Å². The maximum absolute atomic E-state index is 9.13. The zero-order valence-electron chi connectivity index (χ0n) is 6.36. The van der Waals surface area contributed by atoms with E-state index in [1.54, 1.807) is 6.07 Å². The smallest absolute Gasteiger partial charge is 0.211 e. The van der Waals surface area contributed by atoms with Crippen molar-refractivity contribution in [2.24, 2.45) is 0 Å². The summed E-state index contributed by atoms with van der Waals surface area (Å²) in [4.78, 5) is 4.01. The number of aromatic nitrogens is 1. The van der Waals surface area contributed by atoms with Gasteiger partial charge in [-0.2, -0.15) is 0 Å². The van der Waals surface area contributed by atoms with Gasteiger partial charge in [0.05, 0.1) is 5.52 Å². The third kappa shape index (κ3) is 1.18. The van der Waals surface area contributed by atoms with Crippen LogP contribution in [0.2, 0.25) is 0 Å². The van der Waals surface area contributed by atoms with Crippen molar-refractivity contribution in [3.63, 3.8) is 0 Å². The SMILES string of the molecule is Oc1ccc2ccc[c]([Al])c2n1. The molecule has 0 bridgehead atoms. The molecule has 0 fully saturated rings. The van der Waals surface area contributed by atoms with Crippen LogP contribution in [-0.2, 0) is 0 Å². The zero-order chi connectivity index (χ0) is 8.55. The van der Waals surface area contributed by atoms with Crippen LogP contribution in [0.25, 0.3) is 10.9 Å². The predicted molar refractivity (Wildman–Crippen MR) is 48.8 cm³/mol. The molecule has 1 heterocycles. The Bertz CT molecular complexity index is 428. The Morgan fingerprint density at radius 1 is 1.17 bits per heavy atom. The second kappa shape index (κ2) is 2.78. The van der Waals surface area contributed by atoms with Crippen LogP contribution < -0.4 is 4.43 Å². The Kier molecular flexibility index (Phi) is 1.76. The van der Waals surface area contributed by atoms with Crippen molar-refractivity contribution in [2.75, 3.05) is 0 Å². The van der Waals surface area contributed by atoms with E-state index in [0.717, 1.165) is 15.3 Å².